The zero-order valence-corrected chi connectivity index (χ0v) is 10.1. The fourth-order valence-electron chi connectivity index (χ4n) is 1.95. The van der Waals surface area contributed by atoms with Crippen molar-refractivity contribution in [1.82, 2.24) is 10.2 Å². The Bertz CT molecular complexity index is 239. The third kappa shape index (κ3) is 5.14. The lowest BCUT2D eigenvalue weighted by molar-refractivity contribution is -0.129. The molecule has 0 aromatic rings. The fraction of sp³-hybridized carbons (Fsp3) is 0.833. The van der Waals surface area contributed by atoms with Gasteiger partial charge < -0.3 is 10.2 Å². The molecule has 0 aliphatic carbocycles. The first-order valence-electron chi connectivity index (χ1n) is 6.22. The number of carbonyl (C=O) groups is 2. The zero-order valence-electron chi connectivity index (χ0n) is 10.1. The Morgan fingerprint density at radius 3 is 2.56 bits per heavy atom. The van der Waals surface area contributed by atoms with Crippen LogP contribution in [0.15, 0.2) is 0 Å². The van der Waals surface area contributed by atoms with E-state index in [0.29, 0.717) is 13.0 Å². The second-order valence-electron chi connectivity index (χ2n) is 4.37. The van der Waals surface area contributed by atoms with Crippen molar-refractivity contribution < 1.29 is 9.59 Å². The van der Waals surface area contributed by atoms with Crippen LogP contribution in [0.25, 0.3) is 0 Å². The van der Waals surface area contributed by atoms with Crippen LogP contribution in [0, 0.1) is 0 Å². The quantitative estimate of drug-likeness (QED) is 0.677. The molecule has 0 unspecified atom stereocenters. The first-order valence-corrected chi connectivity index (χ1v) is 6.22. The number of nitrogens with zero attached hydrogens (tertiary/aromatic N) is 1. The average molecular weight is 226 g/mol. The van der Waals surface area contributed by atoms with Gasteiger partial charge in [-0.2, -0.15) is 0 Å². The third-order valence-corrected chi connectivity index (χ3v) is 2.95. The minimum Gasteiger partial charge on any atom is -0.356 e. The van der Waals surface area contributed by atoms with E-state index in [-0.39, 0.29) is 11.8 Å². The highest BCUT2D eigenvalue weighted by atomic mass is 16.2. The SMILES string of the molecule is CC(=O)N1CCCCCCC(=O)NCCC1. The highest BCUT2D eigenvalue weighted by molar-refractivity contribution is 5.75. The third-order valence-electron chi connectivity index (χ3n) is 2.95. The molecule has 4 nitrogen and oxygen atoms in total. The molecule has 2 amide bonds. The molecule has 1 N–H and O–H groups in total. The lowest BCUT2D eigenvalue weighted by atomic mass is 10.1. The summed E-state index contributed by atoms with van der Waals surface area (Å²) in [7, 11) is 0. The Morgan fingerprint density at radius 1 is 1.12 bits per heavy atom. The van der Waals surface area contributed by atoms with Crippen LogP contribution in [0.2, 0.25) is 0 Å². The number of hydrogen-bond donors (Lipinski definition) is 1. The van der Waals surface area contributed by atoms with Crippen molar-refractivity contribution in [1.29, 1.82) is 0 Å². The lowest BCUT2D eigenvalue weighted by Crippen LogP contribution is -2.34. The molecule has 1 saturated heterocycles. The Hall–Kier alpha value is -1.06. The van der Waals surface area contributed by atoms with E-state index in [2.05, 4.69) is 5.32 Å². The van der Waals surface area contributed by atoms with Gasteiger partial charge in [-0.15, -0.1) is 0 Å². The Balaban J connectivity index is 2.38. The van der Waals surface area contributed by atoms with E-state index in [4.69, 9.17) is 0 Å². The van der Waals surface area contributed by atoms with Gasteiger partial charge >= 0.3 is 0 Å². The van der Waals surface area contributed by atoms with E-state index in [1.54, 1.807) is 6.92 Å². The molecule has 0 saturated carbocycles. The minimum absolute atomic E-state index is 0.142. The Labute approximate surface area is 97.4 Å². The molecule has 1 heterocycles. The van der Waals surface area contributed by atoms with Gasteiger partial charge in [0.05, 0.1) is 0 Å². The van der Waals surface area contributed by atoms with Gasteiger partial charge in [0.2, 0.25) is 11.8 Å². The molecule has 1 aliphatic heterocycles. The van der Waals surface area contributed by atoms with E-state index >= 15 is 0 Å². The summed E-state index contributed by atoms with van der Waals surface area (Å²) in [6, 6.07) is 0. The summed E-state index contributed by atoms with van der Waals surface area (Å²) in [6.07, 6.45) is 5.71. The molecular formula is C12H22N2O2. The molecule has 0 aromatic carbocycles. The van der Waals surface area contributed by atoms with Gasteiger partial charge in [0.25, 0.3) is 0 Å². The summed E-state index contributed by atoms with van der Waals surface area (Å²) < 4.78 is 0. The van der Waals surface area contributed by atoms with Crippen LogP contribution < -0.4 is 5.32 Å². The largest absolute Gasteiger partial charge is 0.356 e. The van der Waals surface area contributed by atoms with Crippen LogP contribution in [-0.2, 0) is 9.59 Å². The zero-order chi connectivity index (χ0) is 11.8. The van der Waals surface area contributed by atoms with Crippen LogP contribution in [0.3, 0.4) is 0 Å². The van der Waals surface area contributed by atoms with Crippen molar-refractivity contribution >= 4 is 11.8 Å². The Morgan fingerprint density at radius 2 is 1.81 bits per heavy atom. The van der Waals surface area contributed by atoms with Crippen LogP contribution in [0.5, 0.6) is 0 Å². The van der Waals surface area contributed by atoms with E-state index in [0.717, 1.165) is 45.2 Å². The lowest BCUT2D eigenvalue weighted by Gasteiger charge is -2.21. The van der Waals surface area contributed by atoms with Crippen molar-refractivity contribution in [2.24, 2.45) is 0 Å². The second kappa shape index (κ2) is 7.25. The summed E-state index contributed by atoms with van der Waals surface area (Å²) in [5.41, 5.74) is 0. The maximum atomic E-state index is 11.3. The molecule has 0 spiro atoms. The van der Waals surface area contributed by atoms with Gasteiger partial charge in [0.15, 0.2) is 0 Å². The highest BCUT2D eigenvalue weighted by Gasteiger charge is 2.09. The van der Waals surface area contributed by atoms with Crippen LogP contribution in [0.4, 0.5) is 0 Å². The summed E-state index contributed by atoms with van der Waals surface area (Å²) in [5.74, 6) is 0.290. The highest BCUT2D eigenvalue weighted by Crippen LogP contribution is 2.06. The number of rotatable bonds is 0. The first kappa shape index (κ1) is 13.0. The first-order chi connectivity index (χ1) is 7.70. The standard InChI is InChI=1S/C12H22N2O2/c1-11(15)14-9-5-3-2-4-7-12(16)13-8-6-10-14/h2-10H2,1H3,(H,13,16). The monoisotopic (exact) mass is 226 g/mol. The summed E-state index contributed by atoms with van der Waals surface area (Å²) >= 11 is 0. The van der Waals surface area contributed by atoms with Crippen molar-refractivity contribution in [3.63, 3.8) is 0 Å². The van der Waals surface area contributed by atoms with Crippen molar-refractivity contribution in [3.8, 4) is 0 Å². The average Bonchev–Trinajstić information content (AvgIpc) is 2.22. The van der Waals surface area contributed by atoms with E-state index in [1.165, 1.54) is 0 Å². The maximum Gasteiger partial charge on any atom is 0.219 e. The number of carbonyl (C=O) groups excluding carboxylic acids is 2. The van der Waals surface area contributed by atoms with Gasteiger partial charge in [0.1, 0.15) is 0 Å². The normalized spacial score (nSPS) is 20.6. The smallest absolute Gasteiger partial charge is 0.219 e. The van der Waals surface area contributed by atoms with Gasteiger partial charge in [-0.1, -0.05) is 12.8 Å². The summed E-state index contributed by atoms with van der Waals surface area (Å²) in [5, 5.41) is 2.88. The van der Waals surface area contributed by atoms with Crippen LogP contribution in [-0.4, -0.2) is 36.3 Å². The second-order valence-corrected chi connectivity index (χ2v) is 4.37. The minimum atomic E-state index is 0.142. The predicted octanol–water partition coefficient (Wildman–Crippen LogP) is 1.31. The van der Waals surface area contributed by atoms with Gasteiger partial charge in [-0.05, 0) is 19.3 Å². The molecular weight excluding hydrogens is 204 g/mol. The summed E-state index contributed by atoms with van der Waals surface area (Å²) in [6.45, 7) is 3.92. The van der Waals surface area contributed by atoms with Crippen LogP contribution >= 0.6 is 0 Å². The number of hydrogen-bond acceptors (Lipinski definition) is 2. The molecule has 16 heavy (non-hydrogen) atoms. The Kier molecular flexibility index (Phi) is 5.90. The maximum absolute atomic E-state index is 11.3. The predicted molar refractivity (Wildman–Crippen MR) is 63.0 cm³/mol. The molecule has 1 rings (SSSR count). The van der Waals surface area contributed by atoms with Crippen molar-refractivity contribution in [3.05, 3.63) is 0 Å². The van der Waals surface area contributed by atoms with Gasteiger partial charge in [-0.3, -0.25) is 9.59 Å². The summed E-state index contributed by atoms with van der Waals surface area (Å²) in [4.78, 5) is 24.5. The molecule has 92 valence electrons. The number of nitrogens with one attached hydrogen (secondary N) is 1. The van der Waals surface area contributed by atoms with Crippen molar-refractivity contribution in [2.75, 3.05) is 19.6 Å². The molecule has 0 radical (unpaired) electrons. The molecule has 0 atom stereocenters. The van der Waals surface area contributed by atoms with E-state index in [9.17, 15) is 9.59 Å². The van der Waals surface area contributed by atoms with Gasteiger partial charge in [-0.25, -0.2) is 0 Å². The molecule has 0 bridgehead atoms. The topological polar surface area (TPSA) is 49.4 Å². The van der Waals surface area contributed by atoms with E-state index in [1.807, 2.05) is 4.90 Å². The number of amides is 2. The molecule has 1 fully saturated rings. The molecule has 4 heteroatoms. The fourth-order valence-corrected chi connectivity index (χ4v) is 1.95. The van der Waals surface area contributed by atoms with Crippen molar-refractivity contribution in [2.45, 2.75) is 45.4 Å². The van der Waals surface area contributed by atoms with E-state index < -0.39 is 0 Å². The molecule has 0 aromatic heterocycles. The van der Waals surface area contributed by atoms with Gasteiger partial charge in [0, 0.05) is 33.0 Å². The van der Waals surface area contributed by atoms with Crippen LogP contribution in [0.1, 0.15) is 45.4 Å². The molecule has 1 aliphatic rings.